The van der Waals surface area contributed by atoms with Gasteiger partial charge in [-0.15, -0.1) is 0 Å². The molecule has 0 spiro atoms. The van der Waals surface area contributed by atoms with Crippen LogP contribution < -0.4 is 10.0 Å². The van der Waals surface area contributed by atoms with Crippen molar-refractivity contribution in [1.29, 1.82) is 0 Å². The molecule has 1 fully saturated rings. The quantitative estimate of drug-likeness (QED) is 0.820. The van der Waals surface area contributed by atoms with E-state index in [4.69, 9.17) is 0 Å². The van der Waals surface area contributed by atoms with E-state index in [2.05, 4.69) is 10.0 Å². The topological polar surface area (TPSA) is 58.2 Å². The molecule has 1 aliphatic carbocycles. The summed E-state index contributed by atoms with van der Waals surface area (Å²) in [7, 11) is -1.31. The molecular formula is C10H14N2O2S. The second kappa shape index (κ2) is 3.73. The van der Waals surface area contributed by atoms with E-state index in [1.54, 1.807) is 12.1 Å². The molecule has 0 amide bonds. The second-order valence-electron chi connectivity index (χ2n) is 3.67. The number of hydrogen-bond donors (Lipinski definition) is 2. The largest absolute Gasteiger partial charge is 0.388 e. The van der Waals surface area contributed by atoms with Gasteiger partial charge >= 0.3 is 0 Å². The van der Waals surface area contributed by atoms with Crippen molar-refractivity contribution >= 4 is 21.4 Å². The van der Waals surface area contributed by atoms with Crippen molar-refractivity contribution < 1.29 is 8.42 Å². The van der Waals surface area contributed by atoms with Gasteiger partial charge in [0.25, 0.3) is 0 Å². The zero-order valence-corrected chi connectivity index (χ0v) is 9.34. The third-order valence-corrected chi connectivity index (χ3v) is 4.27. The van der Waals surface area contributed by atoms with Gasteiger partial charge in [0.2, 0.25) is 10.0 Å². The summed E-state index contributed by atoms with van der Waals surface area (Å²) in [5, 5.41) is 2.80. The van der Waals surface area contributed by atoms with Crippen LogP contribution in [-0.4, -0.2) is 20.7 Å². The molecule has 0 atom stereocenters. The first kappa shape index (κ1) is 10.3. The molecule has 2 N–H and O–H groups in total. The van der Waals surface area contributed by atoms with Gasteiger partial charge in [0.15, 0.2) is 0 Å². The first-order chi connectivity index (χ1) is 7.12. The highest BCUT2D eigenvalue weighted by molar-refractivity contribution is 7.93. The predicted octanol–water partition coefficient (Wildman–Crippen LogP) is 1.63. The molecule has 1 aromatic carbocycles. The molecule has 15 heavy (non-hydrogen) atoms. The summed E-state index contributed by atoms with van der Waals surface area (Å²) in [5.74, 6) is 0. The van der Waals surface area contributed by atoms with E-state index in [0.29, 0.717) is 5.69 Å². The van der Waals surface area contributed by atoms with Gasteiger partial charge in [0.1, 0.15) is 0 Å². The van der Waals surface area contributed by atoms with E-state index >= 15 is 0 Å². The molecule has 0 heterocycles. The molecular weight excluding hydrogens is 212 g/mol. The lowest BCUT2D eigenvalue weighted by atomic mass is 10.3. The number of benzene rings is 1. The van der Waals surface area contributed by atoms with Crippen LogP contribution >= 0.6 is 0 Å². The summed E-state index contributed by atoms with van der Waals surface area (Å²) in [6.07, 6.45) is 1.56. The van der Waals surface area contributed by atoms with Gasteiger partial charge in [-0.25, -0.2) is 8.42 Å². The molecule has 2 rings (SSSR count). The van der Waals surface area contributed by atoms with Crippen LogP contribution in [0.4, 0.5) is 11.4 Å². The average Bonchev–Trinajstić information content (AvgIpc) is 3.01. The van der Waals surface area contributed by atoms with Crippen molar-refractivity contribution in [2.75, 3.05) is 17.1 Å². The third kappa shape index (κ3) is 2.41. The molecule has 4 nitrogen and oxygen atoms in total. The maximum Gasteiger partial charge on any atom is 0.235 e. The average molecular weight is 226 g/mol. The summed E-state index contributed by atoms with van der Waals surface area (Å²) in [6.45, 7) is 0. The Kier molecular flexibility index (Phi) is 2.56. The zero-order chi connectivity index (χ0) is 10.9. The van der Waals surface area contributed by atoms with Gasteiger partial charge in [-0.05, 0) is 37.1 Å². The molecule has 1 aliphatic rings. The maximum absolute atomic E-state index is 11.6. The number of hydrogen-bond acceptors (Lipinski definition) is 3. The Morgan fingerprint density at radius 2 is 1.67 bits per heavy atom. The van der Waals surface area contributed by atoms with Gasteiger partial charge in [-0.3, -0.25) is 4.72 Å². The van der Waals surface area contributed by atoms with E-state index in [0.717, 1.165) is 18.5 Å². The van der Waals surface area contributed by atoms with E-state index in [1.807, 2.05) is 19.2 Å². The number of anilines is 2. The fourth-order valence-corrected chi connectivity index (χ4v) is 2.72. The first-order valence-electron chi connectivity index (χ1n) is 4.91. The highest BCUT2D eigenvalue weighted by atomic mass is 32.2. The molecule has 1 saturated carbocycles. The summed E-state index contributed by atoms with van der Waals surface area (Å²) in [6, 6.07) is 7.19. The lowest BCUT2D eigenvalue weighted by Gasteiger charge is -2.07. The monoisotopic (exact) mass is 226 g/mol. The molecule has 0 unspecified atom stereocenters. The number of sulfonamides is 1. The van der Waals surface area contributed by atoms with E-state index in [-0.39, 0.29) is 5.25 Å². The molecule has 0 bridgehead atoms. The number of nitrogens with one attached hydrogen (secondary N) is 2. The van der Waals surface area contributed by atoms with Gasteiger partial charge in [-0.2, -0.15) is 0 Å². The zero-order valence-electron chi connectivity index (χ0n) is 8.53. The van der Waals surface area contributed by atoms with Crippen LogP contribution in [0.2, 0.25) is 0 Å². The Bertz CT molecular complexity index is 435. The Hall–Kier alpha value is -1.23. The van der Waals surface area contributed by atoms with Crippen molar-refractivity contribution in [3.63, 3.8) is 0 Å². The van der Waals surface area contributed by atoms with Crippen LogP contribution in [0.25, 0.3) is 0 Å². The van der Waals surface area contributed by atoms with Crippen molar-refractivity contribution in [3.8, 4) is 0 Å². The Labute approximate surface area is 89.7 Å². The van der Waals surface area contributed by atoms with Crippen molar-refractivity contribution in [1.82, 2.24) is 0 Å². The maximum atomic E-state index is 11.6. The standard InChI is InChI=1S/C10H14N2O2S/c1-11-8-2-4-9(5-3-8)12-15(13,14)10-6-7-10/h2-5,10-12H,6-7H2,1H3. The lowest BCUT2D eigenvalue weighted by Crippen LogP contribution is -2.17. The van der Waals surface area contributed by atoms with Crippen LogP contribution in [-0.2, 0) is 10.0 Å². The van der Waals surface area contributed by atoms with Crippen LogP contribution in [0, 0.1) is 0 Å². The Morgan fingerprint density at radius 1 is 1.13 bits per heavy atom. The smallest absolute Gasteiger partial charge is 0.235 e. The fraction of sp³-hybridized carbons (Fsp3) is 0.400. The first-order valence-corrected chi connectivity index (χ1v) is 6.46. The molecule has 1 aromatic rings. The number of rotatable bonds is 4. The van der Waals surface area contributed by atoms with Crippen LogP contribution in [0.15, 0.2) is 24.3 Å². The summed E-state index contributed by atoms with van der Waals surface area (Å²) in [4.78, 5) is 0. The summed E-state index contributed by atoms with van der Waals surface area (Å²) in [5.41, 5.74) is 1.59. The SMILES string of the molecule is CNc1ccc(NS(=O)(=O)C2CC2)cc1. The molecule has 5 heteroatoms. The third-order valence-electron chi connectivity index (χ3n) is 2.40. The minimum Gasteiger partial charge on any atom is -0.388 e. The van der Waals surface area contributed by atoms with Gasteiger partial charge < -0.3 is 5.32 Å². The lowest BCUT2D eigenvalue weighted by molar-refractivity contribution is 0.600. The van der Waals surface area contributed by atoms with E-state index in [1.165, 1.54) is 0 Å². The minimum atomic E-state index is -3.13. The van der Waals surface area contributed by atoms with E-state index < -0.39 is 10.0 Å². The summed E-state index contributed by atoms with van der Waals surface area (Å²) >= 11 is 0. The fourth-order valence-electron chi connectivity index (χ4n) is 1.33. The van der Waals surface area contributed by atoms with Crippen LogP contribution in [0.3, 0.4) is 0 Å². The molecule has 0 radical (unpaired) electrons. The molecule has 0 saturated heterocycles. The van der Waals surface area contributed by atoms with Gasteiger partial charge in [-0.1, -0.05) is 0 Å². The van der Waals surface area contributed by atoms with E-state index in [9.17, 15) is 8.42 Å². The van der Waals surface area contributed by atoms with Gasteiger partial charge in [0.05, 0.1) is 5.25 Å². The van der Waals surface area contributed by atoms with Crippen molar-refractivity contribution in [2.24, 2.45) is 0 Å². The normalized spacial score (nSPS) is 16.1. The summed E-state index contributed by atoms with van der Waals surface area (Å²) < 4.78 is 25.8. The Morgan fingerprint density at radius 3 is 2.13 bits per heavy atom. The van der Waals surface area contributed by atoms with Gasteiger partial charge in [0, 0.05) is 18.4 Å². The Balaban J connectivity index is 2.10. The second-order valence-corrected chi connectivity index (χ2v) is 5.63. The predicted molar refractivity (Wildman–Crippen MR) is 61.6 cm³/mol. The minimum absolute atomic E-state index is 0.179. The van der Waals surface area contributed by atoms with Crippen LogP contribution in [0.5, 0.6) is 0 Å². The van der Waals surface area contributed by atoms with Crippen molar-refractivity contribution in [3.05, 3.63) is 24.3 Å². The molecule has 0 aliphatic heterocycles. The molecule has 82 valence electrons. The molecule has 0 aromatic heterocycles. The highest BCUT2D eigenvalue weighted by Gasteiger charge is 2.35. The highest BCUT2D eigenvalue weighted by Crippen LogP contribution is 2.29. The van der Waals surface area contributed by atoms with Crippen LogP contribution in [0.1, 0.15) is 12.8 Å². The van der Waals surface area contributed by atoms with Crippen molar-refractivity contribution in [2.45, 2.75) is 18.1 Å².